The lowest BCUT2D eigenvalue weighted by molar-refractivity contribution is 0.0928. The number of amides is 3. The van der Waals surface area contributed by atoms with Gasteiger partial charge in [-0.2, -0.15) is 5.10 Å². The number of anilines is 1. The van der Waals surface area contributed by atoms with Crippen LogP contribution < -0.4 is 16.2 Å². The zero-order valence-corrected chi connectivity index (χ0v) is 12.4. The smallest absolute Gasteiger partial charge is 0.307 e. The summed E-state index contributed by atoms with van der Waals surface area (Å²) in [6.07, 6.45) is 1.34. The van der Waals surface area contributed by atoms with Gasteiger partial charge in [-0.05, 0) is 24.3 Å². The fraction of sp³-hybridized carbons (Fsp3) is 0.0833. The number of carbonyl (C=O) groups excluding carboxylic acids is 2. The highest BCUT2D eigenvalue weighted by Crippen LogP contribution is 2.14. The van der Waals surface area contributed by atoms with Crippen molar-refractivity contribution in [3.63, 3.8) is 0 Å². The van der Waals surface area contributed by atoms with Crippen molar-refractivity contribution >= 4 is 40.8 Å². The summed E-state index contributed by atoms with van der Waals surface area (Å²) < 4.78 is 1.30. The fourth-order valence-corrected chi connectivity index (χ4v) is 1.91. The van der Waals surface area contributed by atoms with E-state index in [4.69, 9.17) is 23.2 Å². The Labute approximate surface area is 130 Å². The number of nitrogens with zero attached hydrogens (tertiary/aromatic N) is 2. The largest absolute Gasteiger partial charge is 0.337 e. The van der Waals surface area contributed by atoms with Gasteiger partial charge in [0.05, 0.1) is 11.2 Å². The number of hydrogen-bond acceptors (Lipinski definition) is 3. The number of carbonyl (C=O) groups is 2. The van der Waals surface area contributed by atoms with Crippen LogP contribution in [0.15, 0.2) is 30.5 Å². The van der Waals surface area contributed by atoms with Gasteiger partial charge in [-0.15, -0.1) is 0 Å². The minimum absolute atomic E-state index is 0.142. The van der Waals surface area contributed by atoms with Gasteiger partial charge < -0.3 is 5.32 Å². The zero-order valence-electron chi connectivity index (χ0n) is 10.9. The van der Waals surface area contributed by atoms with Crippen LogP contribution in [0, 0.1) is 0 Å². The second kappa shape index (κ2) is 6.47. The van der Waals surface area contributed by atoms with Crippen LogP contribution >= 0.6 is 23.2 Å². The Hall–Kier alpha value is -2.25. The summed E-state index contributed by atoms with van der Waals surface area (Å²) in [5, 5.41) is 7.09. The molecule has 110 valence electrons. The van der Waals surface area contributed by atoms with E-state index in [0.717, 1.165) is 0 Å². The highest BCUT2D eigenvalue weighted by Gasteiger charge is 2.15. The molecule has 0 unspecified atom stereocenters. The number of aryl methyl sites for hydroxylation is 1. The molecule has 0 saturated carbocycles. The van der Waals surface area contributed by atoms with Crippen LogP contribution in [0.4, 0.5) is 10.5 Å². The minimum atomic E-state index is -0.607. The number of hydrogen-bond donors (Lipinski definition) is 3. The Morgan fingerprint density at radius 2 is 1.81 bits per heavy atom. The standard InChI is InChI=1S/C12H11Cl2N5O2/c1-19-10(9(14)6-15-19)11(20)17-18-12(21)16-8-4-2-7(13)3-5-8/h2-6H,1H3,(H,17,20)(H2,16,18,21). The second-order valence-electron chi connectivity index (χ2n) is 4.00. The molecule has 7 nitrogen and oxygen atoms in total. The Morgan fingerprint density at radius 3 is 2.38 bits per heavy atom. The van der Waals surface area contributed by atoms with E-state index in [-0.39, 0.29) is 10.7 Å². The summed E-state index contributed by atoms with van der Waals surface area (Å²) in [5.74, 6) is -0.578. The van der Waals surface area contributed by atoms with Crippen molar-refractivity contribution in [2.24, 2.45) is 7.05 Å². The van der Waals surface area contributed by atoms with Crippen LogP contribution in [-0.2, 0) is 7.05 Å². The monoisotopic (exact) mass is 327 g/mol. The molecule has 3 amide bonds. The predicted molar refractivity (Wildman–Crippen MR) is 79.3 cm³/mol. The number of urea groups is 1. The SMILES string of the molecule is Cn1ncc(Cl)c1C(=O)NNC(=O)Nc1ccc(Cl)cc1. The first-order valence-corrected chi connectivity index (χ1v) is 6.53. The van der Waals surface area contributed by atoms with Crippen molar-refractivity contribution in [1.82, 2.24) is 20.6 Å². The maximum atomic E-state index is 11.8. The molecule has 1 aromatic heterocycles. The first-order valence-electron chi connectivity index (χ1n) is 5.78. The molecule has 0 fully saturated rings. The molecule has 0 aliphatic heterocycles. The highest BCUT2D eigenvalue weighted by molar-refractivity contribution is 6.33. The third-order valence-electron chi connectivity index (χ3n) is 2.50. The number of hydrazine groups is 1. The van der Waals surface area contributed by atoms with Crippen LogP contribution in [0.3, 0.4) is 0 Å². The summed E-state index contributed by atoms with van der Waals surface area (Å²) in [6.45, 7) is 0. The topological polar surface area (TPSA) is 88.1 Å². The molecule has 2 rings (SSSR count). The van der Waals surface area contributed by atoms with E-state index in [0.29, 0.717) is 10.7 Å². The van der Waals surface area contributed by atoms with Crippen LogP contribution in [-0.4, -0.2) is 21.7 Å². The Kier molecular flexibility index (Phi) is 4.66. The predicted octanol–water partition coefficient (Wildman–Crippen LogP) is 2.19. The van der Waals surface area contributed by atoms with Gasteiger partial charge in [0.25, 0.3) is 5.91 Å². The Bertz CT molecular complexity index is 649. The lowest BCUT2D eigenvalue weighted by Gasteiger charge is -2.09. The molecule has 0 aliphatic carbocycles. The van der Waals surface area contributed by atoms with Crippen LogP contribution in [0.1, 0.15) is 10.5 Å². The lowest BCUT2D eigenvalue weighted by Crippen LogP contribution is -2.44. The van der Waals surface area contributed by atoms with Crippen LogP contribution in [0.2, 0.25) is 10.0 Å². The number of benzene rings is 1. The van der Waals surface area contributed by atoms with Crippen molar-refractivity contribution in [2.45, 2.75) is 0 Å². The van der Waals surface area contributed by atoms with Gasteiger partial charge in [0.2, 0.25) is 0 Å². The molecular formula is C12H11Cl2N5O2. The van der Waals surface area contributed by atoms with Gasteiger partial charge in [0.1, 0.15) is 5.69 Å². The van der Waals surface area contributed by atoms with Gasteiger partial charge in [-0.1, -0.05) is 23.2 Å². The molecule has 21 heavy (non-hydrogen) atoms. The molecule has 0 radical (unpaired) electrons. The van der Waals surface area contributed by atoms with E-state index < -0.39 is 11.9 Å². The number of rotatable bonds is 2. The first-order chi connectivity index (χ1) is 9.97. The molecule has 0 bridgehead atoms. The first kappa shape index (κ1) is 15.1. The van der Waals surface area contributed by atoms with E-state index >= 15 is 0 Å². The normalized spacial score (nSPS) is 10.0. The summed E-state index contributed by atoms with van der Waals surface area (Å²) >= 11 is 11.5. The maximum Gasteiger partial charge on any atom is 0.337 e. The maximum absolute atomic E-state index is 11.8. The molecule has 0 saturated heterocycles. The molecular weight excluding hydrogens is 317 g/mol. The van der Waals surface area contributed by atoms with Gasteiger partial charge >= 0.3 is 6.03 Å². The number of aromatic nitrogens is 2. The van der Waals surface area contributed by atoms with Gasteiger partial charge in [0, 0.05) is 17.8 Å². The molecule has 9 heteroatoms. The lowest BCUT2D eigenvalue weighted by atomic mass is 10.3. The summed E-state index contributed by atoms with van der Waals surface area (Å²) in [4.78, 5) is 23.4. The quantitative estimate of drug-likeness (QED) is 0.739. The molecule has 1 aromatic carbocycles. The van der Waals surface area contributed by atoms with E-state index in [2.05, 4.69) is 21.3 Å². The Morgan fingerprint density at radius 1 is 1.14 bits per heavy atom. The highest BCUT2D eigenvalue weighted by atomic mass is 35.5. The van der Waals surface area contributed by atoms with Crippen molar-refractivity contribution in [2.75, 3.05) is 5.32 Å². The molecule has 0 spiro atoms. The molecule has 3 N–H and O–H groups in total. The Balaban J connectivity index is 1.89. The molecule has 2 aromatic rings. The van der Waals surface area contributed by atoms with Gasteiger partial charge in [-0.25, -0.2) is 10.2 Å². The van der Waals surface area contributed by atoms with Gasteiger partial charge in [-0.3, -0.25) is 14.9 Å². The van der Waals surface area contributed by atoms with Gasteiger partial charge in [0.15, 0.2) is 0 Å². The third-order valence-corrected chi connectivity index (χ3v) is 3.03. The molecule has 0 atom stereocenters. The van der Waals surface area contributed by atoms with E-state index in [1.165, 1.54) is 10.9 Å². The van der Waals surface area contributed by atoms with Crippen LogP contribution in [0.5, 0.6) is 0 Å². The second-order valence-corrected chi connectivity index (χ2v) is 4.85. The van der Waals surface area contributed by atoms with E-state index in [1.807, 2.05) is 0 Å². The molecule has 0 aliphatic rings. The number of halogens is 2. The fourth-order valence-electron chi connectivity index (χ4n) is 1.53. The molecule has 1 heterocycles. The van der Waals surface area contributed by atoms with Crippen LogP contribution in [0.25, 0.3) is 0 Å². The average Bonchev–Trinajstić information content (AvgIpc) is 2.78. The number of nitrogens with one attached hydrogen (secondary N) is 3. The van der Waals surface area contributed by atoms with Crippen molar-refractivity contribution < 1.29 is 9.59 Å². The van der Waals surface area contributed by atoms with E-state index in [1.54, 1.807) is 31.3 Å². The van der Waals surface area contributed by atoms with Crippen molar-refractivity contribution in [1.29, 1.82) is 0 Å². The summed E-state index contributed by atoms with van der Waals surface area (Å²) in [5.41, 5.74) is 5.11. The van der Waals surface area contributed by atoms with E-state index in [9.17, 15) is 9.59 Å². The summed E-state index contributed by atoms with van der Waals surface area (Å²) in [7, 11) is 1.56. The summed E-state index contributed by atoms with van der Waals surface area (Å²) in [6, 6.07) is 5.91. The third kappa shape index (κ3) is 3.87. The van der Waals surface area contributed by atoms with Crippen molar-refractivity contribution in [3.8, 4) is 0 Å². The van der Waals surface area contributed by atoms with Crippen molar-refractivity contribution in [3.05, 3.63) is 46.2 Å². The minimum Gasteiger partial charge on any atom is -0.307 e. The average molecular weight is 328 g/mol. The zero-order chi connectivity index (χ0) is 15.4.